The van der Waals surface area contributed by atoms with Crippen LogP contribution in [0.3, 0.4) is 0 Å². The van der Waals surface area contributed by atoms with Crippen molar-refractivity contribution in [1.82, 2.24) is 20.0 Å². The number of likely N-dealkylation sites (tertiary alicyclic amines) is 1. The monoisotopic (exact) mass is 386 g/mol. The summed E-state index contributed by atoms with van der Waals surface area (Å²) in [4.78, 5) is 42.6. The lowest BCUT2D eigenvalue weighted by molar-refractivity contribution is -0.136. The fourth-order valence-corrected chi connectivity index (χ4v) is 3.72. The fraction of sp³-hybridized carbons (Fsp3) is 0.571. The van der Waals surface area contributed by atoms with Gasteiger partial charge in [-0.05, 0) is 24.8 Å². The minimum atomic E-state index is -0.148. The Morgan fingerprint density at radius 3 is 2.11 bits per heavy atom. The highest BCUT2D eigenvalue weighted by Gasteiger charge is 2.24. The molecule has 2 aliphatic heterocycles. The molecule has 0 saturated carbocycles. The molecule has 1 aromatic carbocycles. The quantitative estimate of drug-likeness (QED) is 0.773. The van der Waals surface area contributed by atoms with Gasteiger partial charge in [0.25, 0.3) is 0 Å². The molecule has 1 N–H and O–H groups in total. The summed E-state index contributed by atoms with van der Waals surface area (Å²) in [5.74, 6) is -0.0126. The van der Waals surface area contributed by atoms with E-state index in [9.17, 15) is 14.4 Å². The summed E-state index contributed by atoms with van der Waals surface area (Å²) in [5, 5.41) is 2.71. The summed E-state index contributed by atoms with van der Waals surface area (Å²) in [5.41, 5.74) is 0.930. The van der Waals surface area contributed by atoms with Gasteiger partial charge in [-0.25, -0.2) is 0 Å². The number of nitrogens with one attached hydrogen (secondary N) is 1. The summed E-state index contributed by atoms with van der Waals surface area (Å²) < 4.78 is 0. The highest BCUT2D eigenvalue weighted by Crippen LogP contribution is 2.10. The Bertz CT molecular complexity index is 665. The smallest absolute Gasteiger partial charge is 0.242 e. The van der Waals surface area contributed by atoms with E-state index in [1.54, 1.807) is 4.90 Å². The first-order valence-electron chi connectivity index (χ1n) is 10.2. The van der Waals surface area contributed by atoms with Crippen LogP contribution in [0.5, 0.6) is 0 Å². The number of amides is 3. The van der Waals surface area contributed by atoms with Crippen LogP contribution in [0.25, 0.3) is 0 Å². The van der Waals surface area contributed by atoms with Gasteiger partial charge in [-0.15, -0.1) is 0 Å². The average Bonchev–Trinajstić information content (AvgIpc) is 2.74. The molecule has 0 aromatic heterocycles. The Hall–Kier alpha value is -2.41. The van der Waals surface area contributed by atoms with Gasteiger partial charge >= 0.3 is 0 Å². The summed E-state index contributed by atoms with van der Waals surface area (Å²) in [7, 11) is 0. The topological polar surface area (TPSA) is 73.0 Å². The van der Waals surface area contributed by atoms with E-state index < -0.39 is 0 Å². The predicted molar refractivity (Wildman–Crippen MR) is 107 cm³/mol. The molecule has 0 atom stereocenters. The molecule has 0 spiro atoms. The van der Waals surface area contributed by atoms with Crippen molar-refractivity contribution >= 4 is 17.7 Å². The summed E-state index contributed by atoms with van der Waals surface area (Å²) in [6.45, 7) is 4.81. The third-order valence-electron chi connectivity index (χ3n) is 5.44. The maximum Gasteiger partial charge on any atom is 0.242 e. The second-order valence-corrected chi connectivity index (χ2v) is 7.54. The van der Waals surface area contributed by atoms with E-state index in [4.69, 9.17) is 0 Å². The van der Waals surface area contributed by atoms with Crippen molar-refractivity contribution in [2.24, 2.45) is 0 Å². The first-order chi connectivity index (χ1) is 13.6. The van der Waals surface area contributed by atoms with Crippen molar-refractivity contribution in [3.63, 3.8) is 0 Å². The van der Waals surface area contributed by atoms with Gasteiger partial charge in [0.15, 0.2) is 0 Å². The van der Waals surface area contributed by atoms with Gasteiger partial charge < -0.3 is 15.1 Å². The molecule has 3 amide bonds. The zero-order valence-corrected chi connectivity index (χ0v) is 16.4. The van der Waals surface area contributed by atoms with Gasteiger partial charge in [0, 0.05) is 39.3 Å². The number of benzene rings is 1. The van der Waals surface area contributed by atoms with E-state index in [2.05, 4.69) is 10.2 Å². The molecule has 2 heterocycles. The van der Waals surface area contributed by atoms with E-state index in [-0.39, 0.29) is 30.7 Å². The van der Waals surface area contributed by atoms with Crippen molar-refractivity contribution < 1.29 is 14.4 Å². The van der Waals surface area contributed by atoms with Gasteiger partial charge in [0.2, 0.25) is 17.7 Å². The first-order valence-corrected chi connectivity index (χ1v) is 10.2. The Morgan fingerprint density at radius 2 is 1.43 bits per heavy atom. The second-order valence-electron chi connectivity index (χ2n) is 7.54. The molecule has 7 nitrogen and oxygen atoms in total. The summed E-state index contributed by atoms with van der Waals surface area (Å²) >= 11 is 0. The molecule has 0 aliphatic carbocycles. The molecule has 2 aliphatic rings. The molecular weight excluding hydrogens is 356 g/mol. The van der Waals surface area contributed by atoms with E-state index in [1.807, 2.05) is 35.2 Å². The van der Waals surface area contributed by atoms with Crippen LogP contribution < -0.4 is 5.32 Å². The van der Waals surface area contributed by atoms with Gasteiger partial charge in [-0.2, -0.15) is 0 Å². The number of piperidine rings is 1. The van der Waals surface area contributed by atoms with Crippen LogP contribution in [0.15, 0.2) is 30.3 Å². The van der Waals surface area contributed by atoms with Gasteiger partial charge in [-0.3, -0.25) is 19.3 Å². The van der Waals surface area contributed by atoms with Crippen LogP contribution in [0, 0.1) is 0 Å². The zero-order valence-electron chi connectivity index (χ0n) is 16.4. The number of carbonyl (C=O) groups is 3. The highest BCUT2D eigenvalue weighted by atomic mass is 16.2. The van der Waals surface area contributed by atoms with Crippen LogP contribution in [-0.2, 0) is 20.8 Å². The molecule has 3 rings (SSSR count). The molecule has 0 radical (unpaired) electrons. The fourth-order valence-electron chi connectivity index (χ4n) is 3.72. The predicted octanol–water partition coefficient (Wildman–Crippen LogP) is 0.502. The number of hydrogen-bond donors (Lipinski definition) is 1. The minimum absolute atomic E-state index is 0.0262. The number of carbonyl (C=O) groups excluding carboxylic acids is 3. The molecule has 0 unspecified atom stereocenters. The van der Waals surface area contributed by atoms with Gasteiger partial charge in [-0.1, -0.05) is 30.3 Å². The van der Waals surface area contributed by atoms with Crippen molar-refractivity contribution in [2.75, 3.05) is 52.4 Å². The Morgan fingerprint density at radius 1 is 0.786 bits per heavy atom. The van der Waals surface area contributed by atoms with Crippen molar-refractivity contribution in [2.45, 2.75) is 25.7 Å². The van der Waals surface area contributed by atoms with Crippen molar-refractivity contribution in [3.8, 4) is 0 Å². The van der Waals surface area contributed by atoms with Crippen LogP contribution >= 0.6 is 0 Å². The summed E-state index contributed by atoms with van der Waals surface area (Å²) in [6.07, 6.45) is 3.70. The molecular formula is C21H30N4O3. The molecule has 2 fully saturated rings. The maximum atomic E-state index is 12.4. The molecule has 0 bridgehead atoms. The molecule has 2 saturated heterocycles. The molecule has 28 heavy (non-hydrogen) atoms. The Kier molecular flexibility index (Phi) is 7.42. The zero-order chi connectivity index (χ0) is 19.8. The van der Waals surface area contributed by atoms with Crippen molar-refractivity contribution in [3.05, 3.63) is 35.9 Å². The highest BCUT2D eigenvalue weighted by molar-refractivity contribution is 5.85. The maximum absolute atomic E-state index is 12.4. The molecule has 7 heteroatoms. The lowest BCUT2D eigenvalue weighted by Gasteiger charge is -2.36. The lowest BCUT2D eigenvalue weighted by atomic mass is 10.1. The van der Waals surface area contributed by atoms with E-state index in [0.717, 1.165) is 31.5 Å². The Labute approximate surface area is 166 Å². The van der Waals surface area contributed by atoms with Crippen LogP contribution in [0.1, 0.15) is 24.8 Å². The van der Waals surface area contributed by atoms with Gasteiger partial charge in [0.1, 0.15) is 0 Å². The SMILES string of the molecule is O=C(Cc1ccccc1)NCC(=O)N1CCN(CC(=O)N2CCCCC2)CC1. The van der Waals surface area contributed by atoms with Crippen LogP contribution in [0.4, 0.5) is 0 Å². The van der Waals surface area contributed by atoms with E-state index >= 15 is 0 Å². The number of rotatable bonds is 6. The molecule has 1 aromatic rings. The third kappa shape index (κ3) is 6.05. The Balaban J connectivity index is 1.34. The standard InChI is InChI=1S/C21H30N4O3/c26-19(15-18-7-3-1-4-8-18)22-16-20(27)25-13-11-23(12-14-25)17-21(28)24-9-5-2-6-10-24/h1,3-4,7-8H,2,5-6,9-17H2,(H,22,26). The number of hydrogen-bond acceptors (Lipinski definition) is 4. The number of nitrogens with zero attached hydrogens (tertiary/aromatic N) is 3. The van der Waals surface area contributed by atoms with E-state index in [0.29, 0.717) is 32.7 Å². The molecule has 152 valence electrons. The van der Waals surface area contributed by atoms with Crippen molar-refractivity contribution in [1.29, 1.82) is 0 Å². The number of piperazine rings is 1. The van der Waals surface area contributed by atoms with Gasteiger partial charge in [0.05, 0.1) is 19.5 Å². The largest absolute Gasteiger partial charge is 0.347 e. The summed E-state index contributed by atoms with van der Waals surface area (Å²) in [6, 6.07) is 9.48. The first kappa shape index (κ1) is 20.3. The van der Waals surface area contributed by atoms with E-state index in [1.165, 1.54) is 6.42 Å². The normalized spacial score (nSPS) is 18.0. The average molecular weight is 386 g/mol. The van der Waals surface area contributed by atoms with Crippen LogP contribution in [0.2, 0.25) is 0 Å². The second kappa shape index (κ2) is 10.2. The third-order valence-corrected chi connectivity index (χ3v) is 5.44. The van der Waals surface area contributed by atoms with Crippen LogP contribution in [-0.4, -0.2) is 84.8 Å². The lowest BCUT2D eigenvalue weighted by Crippen LogP contribution is -2.53. The minimum Gasteiger partial charge on any atom is -0.347 e.